The predicted molar refractivity (Wildman–Crippen MR) is 85.0 cm³/mol. The molecule has 0 radical (unpaired) electrons. The minimum atomic E-state index is -0.238. The molecule has 0 aliphatic carbocycles. The van der Waals surface area contributed by atoms with Crippen LogP contribution in [0.5, 0.6) is 0 Å². The van der Waals surface area contributed by atoms with Crippen LogP contribution in [0, 0.1) is 0 Å². The Morgan fingerprint density at radius 3 is 3.08 bits per heavy atom. The molecule has 1 fully saturated rings. The van der Waals surface area contributed by atoms with Crippen molar-refractivity contribution in [3.63, 3.8) is 0 Å². The Kier molecular flexibility index (Phi) is 5.19. The van der Waals surface area contributed by atoms with Crippen LogP contribution in [0.2, 0.25) is 0 Å². The van der Waals surface area contributed by atoms with Gasteiger partial charge in [-0.05, 0) is 6.42 Å². The van der Waals surface area contributed by atoms with Crippen LogP contribution in [0.4, 0.5) is 0 Å². The molecule has 0 aromatic carbocycles. The number of hydrogen-bond donors (Lipinski definition) is 1. The van der Waals surface area contributed by atoms with E-state index in [2.05, 4.69) is 25.3 Å². The number of nitrogens with one attached hydrogen (secondary N) is 1. The van der Waals surface area contributed by atoms with Crippen molar-refractivity contribution in [2.75, 3.05) is 19.7 Å². The maximum absolute atomic E-state index is 12.4. The SMILES string of the molecule is CC(C)c1n[nH]c([C@@H]2CN(C(=O)CCCn3cncn3)CCO2)n1. The van der Waals surface area contributed by atoms with Gasteiger partial charge in [-0.2, -0.15) is 10.2 Å². The third kappa shape index (κ3) is 3.97. The zero-order chi connectivity index (χ0) is 16.9. The zero-order valence-electron chi connectivity index (χ0n) is 14.1. The van der Waals surface area contributed by atoms with Gasteiger partial charge in [0.1, 0.15) is 18.8 Å². The van der Waals surface area contributed by atoms with E-state index in [4.69, 9.17) is 4.74 Å². The van der Waals surface area contributed by atoms with Gasteiger partial charge in [-0.3, -0.25) is 14.6 Å². The highest BCUT2D eigenvalue weighted by atomic mass is 16.5. The quantitative estimate of drug-likeness (QED) is 0.843. The van der Waals surface area contributed by atoms with Gasteiger partial charge in [-0.25, -0.2) is 9.97 Å². The Labute approximate surface area is 140 Å². The molecule has 130 valence electrons. The van der Waals surface area contributed by atoms with Gasteiger partial charge in [0.2, 0.25) is 5.91 Å². The molecule has 1 aliphatic rings. The van der Waals surface area contributed by atoms with Crippen LogP contribution in [0.1, 0.15) is 50.4 Å². The summed E-state index contributed by atoms with van der Waals surface area (Å²) in [6, 6.07) is 0. The molecule has 0 saturated carbocycles. The Balaban J connectivity index is 1.51. The predicted octanol–water partition coefficient (Wildman–Crippen LogP) is 0.900. The van der Waals surface area contributed by atoms with Crippen molar-refractivity contribution in [3.8, 4) is 0 Å². The molecule has 9 nitrogen and oxygen atoms in total. The maximum Gasteiger partial charge on any atom is 0.222 e. The van der Waals surface area contributed by atoms with Gasteiger partial charge < -0.3 is 9.64 Å². The van der Waals surface area contributed by atoms with Gasteiger partial charge in [-0.1, -0.05) is 13.8 Å². The van der Waals surface area contributed by atoms with Crippen molar-refractivity contribution in [1.29, 1.82) is 0 Å². The van der Waals surface area contributed by atoms with E-state index in [0.29, 0.717) is 38.5 Å². The number of hydrogen-bond acceptors (Lipinski definition) is 6. The first-order chi connectivity index (χ1) is 11.6. The van der Waals surface area contributed by atoms with Crippen molar-refractivity contribution < 1.29 is 9.53 Å². The normalized spacial score (nSPS) is 18.3. The minimum absolute atomic E-state index is 0.131. The standard InChI is InChI=1S/C15H23N7O2/c1-11(2)14-18-15(20-19-14)12-8-21(6-7-24-12)13(23)4-3-5-22-10-16-9-17-22/h9-12H,3-8H2,1-2H3,(H,18,19,20)/t12-/m0/s1. The van der Waals surface area contributed by atoms with E-state index in [1.807, 2.05) is 18.7 Å². The van der Waals surface area contributed by atoms with Gasteiger partial charge in [-0.15, -0.1) is 0 Å². The van der Waals surface area contributed by atoms with Crippen molar-refractivity contribution in [2.45, 2.75) is 45.3 Å². The molecular formula is C15H23N7O2. The number of morpholine rings is 1. The summed E-state index contributed by atoms with van der Waals surface area (Å²) in [6.45, 7) is 6.41. The monoisotopic (exact) mass is 333 g/mol. The molecule has 2 aromatic heterocycles. The molecule has 1 aliphatic heterocycles. The van der Waals surface area contributed by atoms with Crippen molar-refractivity contribution >= 4 is 5.91 Å². The number of aryl methyl sites for hydroxylation is 1. The molecule has 1 atom stereocenters. The Bertz CT molecular complexity index is 653. The molecule has 3 heterocycles. The first-order valence-corrected chi connectivity index (χ1v) is 8.27. The van der Waals surface area contributed by atoms with E-state index in [1.165, 1.54) is 6.33 Å². The Hall–Kier alpha value is -2.29. The third-order valence-electron chi connectivity index (χ3n) is 4.00. The summed E-state index contributed by atoms with van der Waals surface area (Å²) in [4.78, 5) is 22.6. The van der Waals surface area contributed by atoms with Crippen LogP contribution < -0.4 is 0 Å². The van der Waals surface area contributed by atoms with Crippen molar-refractivity contribution in [3.05, 3.63) is 24.3 Å². The molecule has 3 rings (SSSR count). The van der Waals surface area contributed by atoms with Crippen LogP contribution in [0.25, 0.3) is 0 Å². The fourth-order valence-electron chi connectivity index (χ4n) is 2.63. The van der Waals surface area contributed by atoms with Crippen LogP contribution in [-0.4, -0.2) is 60.4 Å². The third-order valence-corrected chi connectivity index (χ3v) is 4.00. The van der Waals surface area contributed by atoms with E-state index < -0.39 is 0 Å². The second-order valence-electron chi connectivity index (χ2n) is 6.19. The van der Waals surface area contributed by atoms with Gasteiger partial charge in [0.05, 0.1) is 13.2 Å². The van der Waals surface area contributed by atoms with Crippen LogP contribution in [-0.2, 0) is 16.1 Å². The lowest BCUT2D eigenvalue weighted by atomic mass is 10.2. The Morgan fingerprint density at radius 1 is 1.50 bits per heavy atom. The number of aromatic amines is 1. The molecule has 24 heavy (non-hydrogen) atoms. The fraction of sp³-hybridized carbons (Fsp3) is 0.667. The molecular weight excluding hydrogens is 310 g/mol. The van der Waals surface area contributed by atoms with Crippen molar-refractivity contribution in [2.24, 2.45) is 0 Å². The molecule has 0 spiro atoms. The van der Waals surface area contributed by atoms with E-state index in [0.717, 1.165) is 12.2 Å². The Morgan fingerprint density at radius 2 is 2.38 bits per heavy atom. The summed E-state index contributed by atoms with van der Waals surface area (Å²) in [5.41, 5.74) is 0. The second kappa shape index (κ2) is 7.52. The number of carbonyl (C=O) groups excluding carboxylic acids is 1. The van der Waals surface area contributed by atoms with E-state index in [1.54, 1.807) is 11.0 Å². The first-order valence-electron chi connectivity index (χ1n) is 8.27. The number of nitrogens with zero attached hydrogens (tertiary/aromatic N) is 6. The molecule has 1 N–H and O–H groups in total. The largest absolute Gasteiger partial charge is 0.367 e. The summed E-state index contributed by atoms with van der Waals surface area (Å²) in [6.07, 6.45) is 4.14. The molecule has 2 aromatic rings. The second-order valence-corrected chi connectivity index (χ2v) is 6.19. The number of aromatic nitrogens is 6. The molecule has 9 heteroatoms. The lowest BCUT2D eigenvalue weighted by molar-refractivity contribution is -0.139. The maximum atomic E-state index is 12.4. The number of rotatable bonds is 6. The van der Waals surface area contributed by atoms with Crippen LogP contribution in [0.3, 0.4) is 0 Å². The summed E-state index contributed by atoms with van der Waals surface area (Å²) in [5, 5.41) is 11.2. The van der Waals surface area contributed by atoms with Crippen molar-refractivity contribution in [1.82, 2.24) is 34.8 Å². The number of H-pyrrole nitrogens is 1. The van der Waals surface area contributed by atoms with E-state index >= 15 is 0 Å². The summed E-state index contributed by atoms with van der Waals surface area (Å²) in [5.74, 6) is 1.85. The average molecular weight is 333 g/mol. The average Bonchev–Trinajstić information content (AvgIpc) is 3.26. The van der Waals surface area contributed by atoms with Gasteiger partial charge in [0, 0.05) is 25.4 Å². The van der Waals surface area contributed by atoms with E-state index in [-0.39, 0.29) is 17.9 Å². The molecule has 0 bridgehead atoms. The highest BCUT2D eigenvalue weighted by molar-refractivity contribution is 5.76. The first kappa shape index (κ1) is 16.6. The lowest BCUT2D eigenvalue weighted by Crippen LogP contribution is -2.42. The fourth-order valence-corrected chi connectivity index (χ4v) is 2.63. The number of amides is 1. The lowest BCUT2D eigenvalue weighted by Gasteiger charge is -2.32. The van der Waals surface area contributed by atoms with E-state index in [9.17, 15) is 4.79 Å². The number of ether oxygens (including phenoxy) is 1. The summed E-state index contributed by atoms with van der Waals surface area (Å²) < 4.78 is 7.48. The summed E-state index contributed by atoms with van der Waals surface area (Å²) in [7, 11) is 0. The highest BCUT2D eigenvalue weighted by Gasteiger charge is 2.27. The van der Waals surface area contributed by atoms with Crippen LogP contribution >= 0.6 is 0 Å². The highest BCUT2D eigenvalue weighted by Crippen LogP contribution is 2.21. The molecule has 1 amide bonds. The van der Waals surface area contributed by atoms with Gasteiger partial charge >= 0.3 is 0 Å². The van der Waals surface area contributed by atoms with Gasteiger partial charge in [0.15, 0.2) is 11.6 Å². The number of carbonyl (C=O) groups is 1. The molecule has 0 unspecified atom stereocenters. The molecule has 1 saturated heterocycles. The minimum Gasteiger partial charge on any atom is -0.367 e. The topological polar surface area (TPSA) is 102 Å². The summed E-state index contributed by atoms with van der Waals surface area (Å²) >= 11 is 0. The zero-order valence-corrected chi connectivity index (χ0v) is 14.1. The van der Waals surface area contributed by atoms with Crippen LogP contribution in [0.15, 0.2) is 12.7 Å². The van der Waals surface area contributed by atoms with Gasteiger partial charge in [0.25, 0.3) is 0 Å². The smallest absolute Gasteiger partial charge is 0.222 e.